The highest BCUT2D eigenvalue weighted by Gasteiger charge is 2.17. The van der Waals surface area contributed by atoms with Gasteiger partial charge in [-0.3, -0.25) is 4.79 Å². The third-order valence-electron chi connectivity index (χ3n) is 3.00. The van der Waals surface area contributed by atoms with Crippen LogP contribution in [0.2, 0.25) is 0 Å². The van der Waals surface area contributed by atoms with Crippen LogP contribution in [0.5, 0.6) is 0 Å². The second-order valence-corrected chi connectivity index (χ2v) is 7.80. The van der Waals surface area contributed by atoms with E-state index in [0.29, 0.717) is 19.4 Å². The maximum atomic E-state index is 11.4. The standard InChI is InChI=1S/C16H21NO2S2/c1-5-19-14(18)9-6-11-10-20-15(17-11)12-7-8-13(21-12)16(2,3)4/h7-8,10H,5-6,9H2,1-4H3. The highest BCUT2D eigenvalue weighted by Crippen LogP contribution is 2.36. The molecule has 0 N–H and O–H groups in total. The van der Waals surface area contributed by atoms with Crippen molar-refractivity contribution in [2.45, 2.75) is 46.0 Å². The number of hydrogen-bond donors (Lipinski definition) is 0. The van der Waals surface area contributed by atoms with Gasteiger partial charge in [0.05, 0.1) is 23.6 Å². The molecule has 0 spiro atoms. The summed E-state index contributed by atoms with van der Waals surface area (Å²) in [6, 6.07) is 4.32. The predicted octanol–water partition coefficient (Wildman–Crippen LogP) is 4.66. The van der Waals surface area contributed by atoms with Crippen molar-refractivity contribution in [3.8, 4) is 9.88 Å². The first-order valence-corrected chi connectivity index (χ1v) is 8.80. The van der Waals surface area contributed by atoms with Crippen molar-refractivity contribution in [3.05, 3.63) is 28.1 Å². The minimum atomic E-state index is -0.154. The Bertz CT molecular complexity index is 608. The lowest BCUT2D eigenvalue weighted by Gasteiger charge is -2.15. The molecule has 2 aromatic heterocycles. The number of esters is 1. The lowest BCUT2D eigenvalue weighted by Crippen LogP contribution is -2.07. The van der Waals surface area contributed by atoms with Crippen LogP contribution in [0.25, 0.3) is 9.88 Å². The van der Waals surface area contributed by atoms with Gasteiger partial charge in [0.1, 0.15) is 5.01 Å². The van der Waals surface area contributed by atoms with Gasteiger partial charge in [-0.1, -0.05) is 20.8 Å². The molecule has 0 amide bonds. The number of aromatic nitrogens is 1. The van der Waals surface area contributed by atoms with Gasteiger partial charge in [0.25, 0.3) is 0 Å². The van der Waals surface area contributed by atoms with E-state index in [1.807, 2.05) is 12.3 Å². The van der Waals surface area contributed by atoms with E-state index in [1.165, 1.54) is 9.75 Å². The summed E-state index contributed by atoms with van der Waals surface area (Å²) in [6.07, 6.45) is 1.04. The highest BCUT2D eigenvalue weighted by molar-refractivity contribution is 7.21. The molecule has 2 aromatic rings. The molecule has 0 radical (unpaired) electrons. The molecule has 0 unspecified atom stereocenters. The van der Waals surface area contributed by atoms with Crippen molar-refractivity contribution in [2.75, 3.05) is 6.61 Å². The fourth-order valence-electron chi connectivity index (χ4n) is 1.85. The molecule has 5 heteroatoms. The van der Waals surface area contributed by atoms with Gasteiger partial charge in [-0.15, -0.1) is 22.7 Å². The number of thiophene rings is 1. The van der Waals surface area contributed by atoms with E-state index in [0.717, 1.165) is 10.7 Å². The molecule has 0 saturated carbocycles. The van der Waals surface area contributed by atoms with Crippen molar-refractivity contribution < 1.29 is 9.53 Å². The first-order chi connectivity index (χ1) is 9.90. The number of thiazole rings is 1. The van der Waals surface area contributed by atoms with E-state index in [-0.39, 0.29) is 11.4 Å². The molecule has 114 valence electrons. The maximum absolute atomic E-state index is 11.4. The van der Waals surface area contributed by atoms with Crippen LogP contribution in [-0.2, 0) is 21.4 Å². The van der Waals surface area contributed by atoms with E-state index in [9.17, 15) is 4.79 Å². The second kappa shape index (κ2) is 6.71. The monoisotopic (exact) mass is 323 g/mol. The molecule has 2 rings (SSSR count). The summed E-state index contributed by atoms with van der Waals surface area (Å²) >= 11 is 3.43. The second-order valence-electron chi connectivity index (χ2n) is 5.86. The van der Waals surface area contributed by atoms with Gasteiger partial charge in [0, 0.05) is 16.7 Å². The summed E-state index contributed by atoms with van der Waals surface area (Å²) in [5.41, 5.74) is 1.14. The SMILES string of the molecule is CCOC(=O)CCc1csc(-c2ccc(C(C)(C)C)s2)n1. The van der Waals surface area contributed by atoms with Crippen molar-refractivity contribution in [1.29, 1.82) is 0 Å². The lowest BCUT2D eigenvalue weighted by atomic mass is 9.95. The summed E-state index contributed by atoms with van der Waals surface area (Å²) in [7, 11) is 0. The smallest absolute Gasteiger partial charge is 0.306 e. The van der Waals surface area contributed by atoms with Crippen LogP contribution in [0.3, 0.4) is 0 Å². The van der Waals surface area contributed by atoms with Crippen LogP contribution in [-0.4, -0.2) is 17.6 Å². The Balaban J connectivity index is 2.03. The van der Waals surface area contributed by atoms with Crippen LogP contribution in [0, 0.1) is 0 Å². The molecule has 0 atom stereocenters. The number of nitrogens with zero attached hydrogens (tertiary/aromatic N) is 1. The topological polar surface area (TPSA) is 39.2 Å². The van der Waals surface area contributed by atoms with E-state index in [4.69, 9.17) is 4.74 Å². The predicted molar refractivity (Wildman–Crippen MR) is 89.1 cm³/mol. The van der Waals surface area contributed by atoms with Crippen molar-refractivity contribution >= 4 is 28.6 Å². The summed E-state index contributed by atoms with van der Waals surface area (Å²) in [6.45, 7) is 8.91. The Morgan fingerprint density at radius 2 is 2.10 bits per heavy atom. The highest BCUT2D eigenvalue weighted by atomic mass is 32.1. The van der Waals surface area contributed by atoms with E-state index >= 15 is 0 Å². The van der Waals surface area contributed by atoms with Crippen molar-refractivity contribution in [3.63, 3.8) is 0 Å². The van der Waals surface area contributed by atoms with Gasteiger partial charge < -0.3 is 4.74 Å². The summed E-state index contributed by atoms with van der Waals surface area (Å²) in [5.74, 6) is -0.154. The molecular weight excluding hydrogens is 302 g/mol. The maximum Gasteiger partial charge on any atom is 0.306 e. The van der Waals surface area contributed by atoms with Crippen LogP contribution < -0.4 is 0 Å². The van der Waals surface area contributed by atoms with Crippen LogP contribution in [0.4, 0.5) is 0 Å². The number of rotatable bonds is 5. The number of hydrogen-bond acceptors (Lipinski definition) is 5. The summed E-state index contributed by atoms with van der Waals surface area (Å²) in [4.78, 5) is 18.6. The number of carbonyl (C=O) groups is 1. The fourth-order valence-corrected chi connectivity index (χ4v) is 3.84. The lowest BCUT2D eigenvalue weighted by molar-refractivity contribution is -0.143. The first-order valence-electron chi connectivity index (χ1n) is 7.11. The fraction of sp³-hybridized carbons (Fsp3) is 0.500. The molecule has 0 aliphatic rings. The Morgan fingerprint density at radius 1 is 1.33 bits per heavy atom. The Morgan fingerprint density at radius 3 is 2.71 bits per heavy atom. The zero-order chi connectivity index (χ0) is 15.5. The number of aryl methyl sites for hydroxylation is 1. The van der Waals surface area contributed by atoms with E-state index in [1.54, 1.807) is 22.7 Å². The summed E-state index contributed by atoms with van der Waals surface area (Å²) in [5, 5.41) is 3.07. The van der Waals surface area contributed by atoms with Gasteiger partial charge in [-0.2, -0.15) is 0 Å². The Kier molecular flexibility index (Phi) is 5.17. The van der Waals surface area contributed by atoms with E-state index < -0.39 is 0 Å². The minimum Gasteiger partial charge on any atom is -0.466 e. The van der Waals surface area contributed by atoms with Crippen molar-refractivity contribution in [2.24, 2.45) is 0 Å². The van der Waals surface area contributed by atoms with Crippen LogP contribution in [0.15, 0.2) is 17.5 Å². The average molecular weight is 323 g/mol. The molecule has 0 aliphatic carbocycles. The first kappa shape index (κ1) is 16.2. The van der Waals surface area contributed by atoms with Crippen LogP contribution >= 0.6 is 22.7 Å². The van der Waals surface area contributed by atoms with Gasteiger partial charge in [-0.05, 0) is 24.5 Å². The third-order valence-corrected chi connectivity index (χ3v) is 5.57. The minimum absolute atomic E-state index is 0.154. The molecule has 3 nitrogen and oxygen atoms in total. The van der Waals surface area contributed by atoms with E-state index in [2.05, 4.69) is 37.9 Å². The van der Waals surface area contributed by atoms with Crippen LogP contribution in [0.1, 0.15) is 44.7 Å². The van der Waals surface area contributed by atoms with Gasteiger partial charge in [-0.25, -0.2) is 4.98 Å². The van der Waals surface area contributed by atoms with Gasteiger partial charge >= 0.3 is 5.97 Å². The molecule has 0 saturated heterocycles. The number of carbonyl (C=O) groups excluding carboxylic acids is 1. The third kappa shape index (κ3) is 4.38. The molecule has 2 heterocycles. The molecular formula is C16H21NO2S2. The largest absolute Gasteiger partial charge is 0.466 e. The quantitative estimate of drug-likeness (QED) is 0.751. The summed E-state index contributed by atoms with van der Waals surface area (Å²) < 4.78 is 4.93. The molecule has 21 heavy (non-hydrogen) atoms. The zero-order valence-electron chi connectivity index (χ0n) is 12.9. The Labute approximate surface area is 134 Å². The number of ether oxygens (including phenoxy) is 1. The normalized spacial score (nSPS) is 11.6. The Hall–Kier alpha value is -1.20. The molecule has 0 fully saturated rings. The van der Waals surface area contributed by atoms with Gasteiger partial charge in [0.2, 0.25) is 0 Å². The van der Waals surface area contributed by atoms with Gasteiger partial charge in [0.15, 0.2) is 0 Å². The van der Waals surface area contributed by atoms with Crippen molar-refractivity contribution in [1.82, 2.24) is 4.98 Å². The molecule has 0 bridgehead atoms. The molecule has 0 aromatic carbocycles. The zero-order valence-corrected chi connectivity index (χ0v) is 14.6. The average Bonchev–Trinajstić information content (AvgIpc) is 3.05. The molecule has 0 aliphatic heterocycles.